The van der Waals surface area contributed by atoms with E-state index in [1.165, 1.54) is 6.07 Å². The zero-order valence-electron chi connectivity index (χ0n) is 10.6. The summed E-state index contributed by atoms with van der Waals surface area (Å²) in [7, 11) is 0. The third-order valence-corrected chi connectivity index (χ3v) is 3.35. The fourth-order valence-electron chi connectivity index (χ4n) is 1.83. The molecule has 0 spiro atoms. The lowest BCUT2D eigenvalue weighted by atomic mass is 10.0. The number of aromatic hydroxyl groups is 2. The third-order valence-electron chi connectivity index (χ3n) is 2.86. The van der Waals surface area contributed by atoms with Gasteiger partial charge in [0.2, 0.25) is 0 Å². The highest BCUT2D eigenvalue weighted by Gasteiger charge is 2.14. The average Bonchev–Trinajstić information content (AvgIpc) is 2.50. The molecule has 0 aromatic heterocycles. The fourth-order valence-corrected chi connectivity index (χ4v) is 2.22. The minimum atomic E-state index is -0.901. The fraction of sp³-hybridized carbons (Fsp3) is 0.0667. The lowest BCUT2D eigenvalue weighted by molar-refractivity contribution is 0.103. The maximum atomic E-state index is 12.4. The van der Waals surface area contributed by atoms with Crippen molar-refractivity contribution in [2.45, 2.75) is 6.92 Å². The molecule has 2 N–H and O–H groups in total. The molecule has 0 saturated heterocycles. The highest BCUT2D eigenvalue weighted by Crippen LogP contribution is 2.20. The van der Waals surface area contributed by atoms with E-state index in [1.807, 2.05) is 0 Å². The van der Waals surface area contributed by atoms with Crippen LogP contribution in [-0.2, 0) is 0 Å². The Morgan fingerprint density at radius 2 is 1.75 bits per heavy atom. The van der Waals surface area contributed by atoms with Crippen molar-refractivity contribution in [2.24, 2.45) is 0 Å². The van der Waals surface area contributed by atoms with Crippen LogP contribution < -0.4 is 5.43 Å². The van der Waals surface area contributed by atoms with Gasteiger partial charge < -0.3 is 10.2 Å². The Labute approximate surface area is 123 Å². The molecule has 20 heavy (non-hydrogen) atoms. The van der Waals surface area contributed by atoms with Crippen LogP contribution in [0.25, 0.3) is 0 Å². The first-order valence-electron chi connectivity index (χ1n) is 5.77. The molecule has 0 aliphatic rings. The van der Waals surface area contributed by atoms with E-state index in [0.717, 1.165) is 10.5 Å². The van der Waals surface area contributed by atoms with Gasteiger partial charge in [-0.15, -0.1) is 0 Å². The van der Waals surface area contributed by atoms with Gasteiger partial charge in [-0.3, -0.25) is 9.59 Å². The molecule has 2 aromatic carbocycles. The number of hydrogen-bond donors (Lipinski definition) is 2. The van der Waals surface area contributed by atoms with Crippen molar-refractivity contribution in [1.29, 1.82) is 0 Å². The Balaban J connectivity index is 2.65. The van der Waals surface area contributed by atoms with Gasteiger partial charge in [0.25, 0.3) is 5.43 Å². The molecule has 0 amide bonds. The highest BCUT2D eigenvalue weighted by atomic mass is 79.9. The summed E-state index contributed by atoms with van der Waals surface area (Å²) in [5.41, 5.74) is 0.0873. The molecule has 0 atom stereocenters. The molecule has 0 heterocycles. The van der Waals surface area contributed by atoms with Crippen LogP contribution in [0.3, 0.4) is 0 Å². The Morgan fingerprint density at radius 3 is 2.40 bits per heavy atom. The van der Waals surface area contributed by atoms with Gasteiger partial charge in [-0.2, -0.15) is 0 Å². The van der Waals surface area contributed by atoms with E-state index in [1.54, 1.807) is 31.2 Å². The summed E-state index contributed by atoms with van der Waals surface area (Å²) in [6, 6.07) is 9.03. The van der Waals surface area contributed by atoms with Gasteiger partial charge in [-0.1, -0.05) is 28.1 Å². The predicted molar refractivity (Wildman–Crippen MR) is 78.4 cm³/mol. The van der Waals surface area contributed by atoms with Crippen molar-refractivity contribution in [3.05, 3.63) is 67.8 Å². The number of ketones is 1. The molecule has 0 radical (unpaired) electrons. The molecule has 0 aliphatic heterocycles. The number of carbonyl (C=O) groups excluding carboxylic acids is 1. The van der Waals surface area contributed by atoms with Crippen molar-refractivity contribution in [3.8, 4) is 11.5 Å². The third kappa shape index (κ3) is 2.72. The molecule has 4 nitrogen and oxygen atoms in total. The summed E-state index contributed by atoms with van der Waals surface area (Å²) in [6.45, 7) is 1.59. The molecule has 5 heteroatoms. The predicted octanol–water partition coefficient (Wildman–Crippen LogP) is 2.76. The second kappa shape index (κ2) is 5.46. The van der Waals surface area contributed by atoms with Crippen LogP contribution in [0.2, 0.25) is 0 Å². The SMILES string of the molecule is Cc1cc(O)c(=O)c(O)cc1C(=O)c1cccc(Br)c1. The van der Waals surface area contributed by atoms with E-state index in [0.29, 0.717) is 11.1 Å². The van der Waals surface area contributed by atoms with E-state index in [-0.39, 0.29) is 11.3 Å². The second-order valence-electron chi connectivity index (χ2n) is 4.32. The Bertz CT molecular complexity index is 753. The number of aryl methyl sites for hydroxylation is 1. The van der Waals surface area contributed by atoms with Crippen molar-refractivity contribution in [1.82, 2.24) is 0 Å². The maximum absolute atomic E-state index is 12.4. The van der Waals surface area contributed by atoms with Gasteiger partial charge in [-0.05, 0) is 36.8 Å². The van der Waals surface area contributed by atoms with E-state index >= 15 is 0 Å². The van der Waals surface area contributed by atoms with Crippen molar-refractivity contribution < 1.29 is 15.0 Å². The normalized spacial score (nSPS) is 10.3. The van der Waals surface area contributed by atoms with Gasteiger partial charge in [0.15, 0.2) is 17.3 Å². The summed E-state index contributed by atoms with van der Waals surface area (Å²) >= 11 is 3.28. The van der Waals surface area contributed by atoms with Crippen molar-refractivity contribution >= 4 is 21.7 Å². The quantitative estimate of drug-likeness (QED) is 0.828. The molecule has 0 unspecified atom stereocenters. The number of halogens is 1. The van der Waals surface area contributed by atoms with E-state index < -0.39 is 16.9 Å². The standard InChI is InChI=1S/C15H11BrO4/c1-8-5-12(17)15(20)13(18)7-11(8)14(19)9-3-2-4-10(16)6-9/h2-7H,1H3,(H2,17,18,20). The van der Waals surface area contributed by atoms with Crippen LogP contribution >= 0.6 is 15.9 Å². The Morgan fingerprint density at radius 1 is 1.10 bits per heavy atom. The first-order chi connectivity index (χ1) is 9.40. The Hall–Kier alpha value is -2.14. The molecule has 0 fully saturated rings. The summed E-state index contributed by atoms with van der Waals surface area (Å²) < 4.78 is 0.748. The summed E-state index contributed by atoms with van der Waals surface area (Å²) in [6.07, 6.45) is 0. The van der Waals surface area contributed by atoms with Gasteiger partial charge in [-0.25, -0.2) is 0 Å². The van der Waals surface area contributed by atoms with Gasteiger partial charge in [0.1, 0.15) is 0 Å². The number of hydrogen-bond acceptors (Lipinski definition) is 4. The zero-order chi connectivity index (χ0) is 14.9. The van der Waals surface area contributed by atoms with Crippen LogP contribution in [-0.4, -0.2) is 16.0 Å². The first kappa shape index (κ1) is 14.3. The van der Waals surface area contributed by atoms with Crippen LogP contribution in [0.1, 0.15) is 21.5 Å². The Kier molecular flexibility index (Phi) is 3.90. The molecule has 102 valence electrons. The lowest BCUT2D eigenvalue weighted by Gasteiger charge is -2.03. The minimum absolute atomic E-state index is 0.165. The van der Waals surface area contributed by atoms with Gasteiger partial charge in [0.05, 0.1) is 0 Å². The highest BCUT2D eigenvalue weighted by molar-refractivity contribution is 9.10. The van der Waals surface area contributed by atoms with E-state index in [2.05, 4.69) is 15.9 Å². The van der Waals surface area contributed by atoms with Gasteiger partial charge >= 0.3 is 0 Å². The average molecular weight is 335 g/mol. The van der Waals surface area contributed by atoms with E-state index in [9.17, 15) is 19.8 Å². The topological polar surface area (TPSA) is 74.6 Å². The smallest absolute Gasteiger partial charge is 0.261 e. The zero-order valence-corrected chi connectivity index (χ0v) is 12.1. The van der Waals surface area contributed by atoms with Crippen LogP contribution in [0.15, 0.2) is 45.7 Å². The maximum Gasteiger partial charge on any atom is 0.261 e. The molecule has 2 aromatic rings. The molecule has 0 aliphatic carbocycles. The molecular weight excluding hydrogens is 324 g/mol. The molecule has 0 bridgehead atoms. The largest absolute Gasteiger partial charge is 0.504 e. The van der Waals surface area contributed by atoms with E-state index in [4.69, 9.17) is 0 Å². The monoisotopic (exact) mass is 334 g/mol. The first-order valence-corrected chi connectivity index (χ1v) is 6.56. The summed E-state index contributed by atoms with van der Waals surface area (Å²) in [5, 5.41) is 19.1. The summed E-state index contributed by atoms with van der Waals surface area (Å²) in [5.74, 6) is -1.59. The summed E-state index contributed by atoms with van der Waals surface area (Å²) in [4.78, 5) is 23.9. The molecule has 2 rings (SSSR count). The van der Waals surface area contributed by atoms with Crippen molar-refractivity contribution in [2.75, 3.05) is 0 Å². The number of carbonyl (C=O) groups is 1. The van der Waals surface area contributed by atoms with Crippen LogP contribution in [0.5, 0.6) is 11.5 Å². The van der Waals surface area contributed by atoms with Crippen LogP contribution in [0.4, 0.5) is 0 Å². The number of rotatable bonds is 2. The molecule has 0 saturated carbocycles. The molecular formula is C15H11BrO4. The lowest BCUT2D eigenvalue weighted by Crippen LogP contribution is -2.02. The second-order valence-corrected chi connectivity index (χ2v) is 5.24. The van der Waals surface area contributed by atoms with Crippen LogP contribution in [0, 0.1) is 6.92 Å². The number of benzene rings is 1. The minimum Gasteiger partial charge on any atom is -0.504 e. The van der Waals surface area contributed by atoms with Crippen molar-refractivity contribution in [3.63, 3.8) is 0 Å². The van der Waals surface area contributed by atoms with Gasteiger partial charge in [0, 0.05) is 15.6 Å².